The monoisotopic (exact) mass is 252 g/mol. The summed E-state index contributed by atoms with van der Waals surface area (Å²) in [5, 5.41) is 5.65. The van der Waals surface area contributed by atoms with Crippen LogP contribution in [0.15, 0.2) is 30.3 Å². The van der Waals surface area contributed by atoms with Crippen LogP contribution in [0.2, 0.25) is 0 Å². The standard InChI is InChI=1S/C13H17FN2O2/c14-9-13(6-7-15-10-13)16-12(17)18-8-11-4-2-1-3-5-11/h1-5,15H,6-10H2,(H,16,17)/t13-/m0/s1. The van der Waals surface area contributed by atoms with Crippen molar-refractivity contribution < 1.29 is 13.9 Å². The van der Waals surface area contributed by atoms with Gasteiger partial charge in [0, 0.05) is 6.54 Å². The molecule has 1 aromatic rings. The lowest BCUT2D eigenvalue weighted by Crippen LogP contribution is -2.52. The lowest BCUT2D eigenvalue weighted by Gasteiger charge is -2.25. The van der Waals surface area contributed by atoms with E-state index in [1.807, 2.05) is 30.3 Å². The first kappa shape index (κ1) is 12.8. The predicted octanol–water partition coefficient (Wildman–Crippen LogP) is 1.61. The van der Waals surface area contributed by atoms with E-state index in [0.717, 1.165) is 5.56 Å². The molecule has 0 unspecified atom stereocenters. The van der Waals surface area contributed by atoms with Crippen LogP contribution in [0.25, 0.3) is 0 Å². The molecule has 0 bridgehead atoms. The van der Waals surface area contributed by atoms with Crippen molar-refractivity contribution in [2.24, 2.45) is 0 Å². The number of carbonyl (C=O) groups excluding carboxylic acids is 1. The number of hydrogen-bond acceptors (Lipinski definition) is 3. The van der Waals surface area contributed by atoms with Gasteiger partial charge in [-0.2, -0.15) is 0 Å². The smallest absolute Gasteiger partial charge is 0.408 e. The molecule has 2 rings (SSSR count). The van der Waals surface area contributed by atoms with E-state index in [1.54, 1.807) is 0 Å². The first-order valence-corrected chi connectivity index (χ1v) is 6.00. The van der Waals surface area contributed by atoms with Crippen molar-refractivity contribution in [2.45, 2.75) is 18.6 Å². The summed E-state index contributed by atoms with van der Waals surface area (Å²) in [6.07, 6.45) is 0.0180. The number of hydrogen-bond donors (Lipinski definition) is 2. The van der Waals surface area contributed by atoms with Crippen LogP contribution < -0.4 is 10.6 Å². The number of rotatable bonds is 4. The fourth-order valence-corrected chi connectivity index (χ4v) is 1.97. The number of nitrogens with one attached hydrogen (secondary N) is 2. The van der Waals surface area contributed by atoms with Gasteiger partial charge in [0.1, 0.15) is 13.3 Å². The van der Waals surface area contributed by atoms with Gasteiger partial charge in [0.25, 0.3) is 0 Å². The highest BCUT2D eigenvalue weighted by molar-refractivity contribution is 5.68. The largest absolute Gasteiger partial charge is 0.445 e. The number of ether oxygens (including phenoxy) is 1. The van der Waals surface area contributed by atoms with E-state index in [0.29, 0.717) is 19.5 Å². The van der Waals surface area contributed by atoms with Crippen molar-refractivity contribution in [3.8, 4) is 0 Å². The predicted molar refractivity (Wildman–Crippen MR) is 66.0 cm³/mol. The Hall–Kier alpha value is -1.62. The van der Waals surface area contributed by atoms with Crippen molar-refractivity contribution in [2.75, 3.05) is 19.8 Å². The summed E-state index contributed by atoms with van der Waals surface area (Å²) in [5.41, 5.74) is 0.111. The molecule has 1 amide bonds. The fourth-order valence-electron chi connectivity index (χ4n) is 1.97. The van der Waals surface area contributed by atoms with Gasteiger partial charge in [-0.1, -0.05) is 30.3 Å². The second-order valence-electron chi connectivity index (χ2n) is 4.53. The van der Waals surface area contributed by atoms with Crippen molar-refractivity contribution in [3.63, 3.8) is 0 Å². The SMILES string of the molecule is O=C(N[C@]1(CF)CCNC1)OCc1ccccc1. The maximum Gasteiger partial charge on any atom is 0.408 e. The van der Waals surface area contributed by atoms with E-state index < -0.39 is 18.3 Å². The van der Waals surface area contributed by atoms with Gasteiger partial charge in [-0.05, 0) is 18.5 Å². The summed E-state index contributed by atoms with van der Waals surface area (Å²) in [6.45, 7) is 0.774. The van der Waals surface area contributed by atoms with Gasteiger partial charge in [-0.25, -0.2) is 9.18 Å². The second-order valence-corrected chi connectivity index (χ2v) is 4.53. The first-order valence-electron chi connectivity index (χ1n) is 6.00. The molecule has 1 aromatic carbocycles. The Labute approximate surface area is 106 Å². The average Bonchev–Trinajstić information content (AvgIpc) is 2.87. The van der Waals surface area contributed by atoms with Crippen LogP contribution in [0.4, 0.5) is 9.18 Å². The van der Waals surface area contributed by atoms with Crippen LogP contribution in [0.3, 0.4) is 0 Å². The molecule has 1 fully saturated rings. The van der Waals surface area contributed by atoms with E-state index in [4.69, 9.17) is 4.74 Å². The van der Waals surface area contributed by atoms with Gasteiger partial charge in [-0.3, -0.25) is 0 Å². The van der Waals surface area contributed by atoms with Crippen LogP contribution in [-0.4, -0.2) is 31.4 Å². The van der Waals surface area contributed by atoms with Crippen molar-refractivity contribution in [1.82, 2.24) is 10.6 Å². The van der Waals surface area contributed by atoms with E-state index in [9.17, 15) is 9.18 Å². The molecule has 18 heavy (non-hydrogen) atoms. The fraction of sp³-hybridized carbons (Fsp3) is 0.462. The molecule has 1 aliphatic rings. The maximum absolute atomic E-state index is 13.0. The molecule has 0 saturated carbocycles. The quantitative estimate of drug-likeness (QED) is 0.856. The molecule has 0 aliphatic carbocycles. The molecule has 0 aromatic heterocycles. The Morgan fingerprint density at radius 1 is 1.44 bits per heavy atom. The Kier molecular flexibility index (Phi) is 4.15. The number of alkyl carbamates (subject to hydrolysis) is 1. The minimum Gasteiger partial charge on any atom is -0.445 e. The zero-order chi connectivity index (χ0) is 12.8. The van der Waals surface area contributed by atoms with Crippen LogP contribution in [0.5, 0.6) is 0 Å². The highest BCUT2D eigenvalue weighted by atomic mass is 19.1. The molecule has 4 nitrogen and oxygen atoms in total. The second kappa shape index (κ2) is 5.82. The summed E-state index contributed by atoms with van der Waals surface area (Å²) in [7, 11) is 0. The molecule has 1 saturated heterocycles. The highest BCUT2D eigenvalue weighted by Gasteiger charge is 2.35. The number of benzene rings is 1. The third-order valence-corrected chi connectivity index (χ3v) is 3.08. The highest BCUT2D eigenvalue weighted by Crippen LogP contribution is 2.15. The van der Waals surface area contributed by atoms with Gasteiger partial charge < -0.3 is 15.4 Å². The van der Waals surface area contributed by atoms with E-state index in [-0.39, 0.29) is 6.61 Å². The zero-order valence-corrected chi connectivity index (χ0v) is 10.1. The van der Waals surface area contributed by atoms with Crippen LogP contribution >= 0.6 is 0 Å². The average molecular weight is 252 g/mol. The van der Waals surface area contributed by atoms with E-state index in [1.165, 1.54) is 0 Å². The van der Waals surface area contributed by atoms with Crippen molar-refractivity contribution in [3.05, 3.63) is 35.9 Å². The molecule has 1 atom stereocenters. The maximum atomic E-state index is 13.0. The van der Waals surface area contributed by atoms with E-state index >= 15 is 0 Å². The molecule has 98 valence electrons. The molecule has 1 heterocycles. The number of halogens is 1. The molecule has 5 heteroatoms. The van der Waals surface area contributed by atoms with Gasteiger partial charge >= 0.3 is 6.09 Å². The number of amides is 1. The van der Waals surface area contributed by atoms with Crippen LogP contribution in [0, 0.1) is 0 Å². The zero-order valence-electron chi connectivity index (χ0n) is 10.1. The number of carbonyl (C=O) groups is 1. The minimum absolute atomic E-state index is 0.197. The molecule has 2 N–H and O–H groups in total. The molecule has 0 radical (unpaired) electrons. The summed E-state index contributed by atoms with van der Waals surface area (Å²) in [6, 6.07) is 9.39. The summed E-state index contributed by atoms with van der Waals surface area (Å²) in [4.78, 5) is 11.6. The topological polar surface area (TPSA) is 50.4 Å². The Balaban J connectivity index is 1.82. The van der Waals surface area contributed by atoms with Crippen molar-refractivity contribution in [1.29, 1.82) is 0 Å². The third-order valence-electron chi connectivity index (χ3n) is 3.08. The Morgan fingerprint density at radius 3 is 2.83 bits per heavy atom. The Morgan fingerprint density at radius 2 is 2.22 bits per heavy atom. The lowest BCUT2D eigenvalue weighted by molar-refractivity contribution is 0.123. The molecule has 0 spiro atoms. The molecule has 1 aliphatic heterocycles. The lowest BCUT2D eigenvalue weighted by atomic mass is 10.0. The summed E-state index contributed by atoms with van der Waals surface area (Å²) < 4.78 is 18.0. The first-order chi connectivity index (χ1) is 8.74. The normalized spacial score (nSPS) is 22.7. The summed E-state index contributed by atoms with van der Waals surface area (Å²) >= 11 is 0. The summed E-state index contributed by atoms with van der Waals surface area (Å²) in [5.74, 6) is 0. The van der Waals surface area contributed by atoms with Crippen LogP contribution in [-0.2, 0) is 11.3 Å². The third kappa shape index (κ3) is 3.20. The van der Waals surface area contributed by atoms with Gasteiger partial charge in [0.15, 0.2) is 0 Å². The Bertz CT molecular complexity index is 391. The van der Waals surface area contributed by atoms with Gasteiger partial charge in [0.05, 0.1) is 5.54 Å². The molecular formula is C13H17FN2O2. The molecular weight excluding hydrogens is 235 g/mol. The van der Waals surface area contributed by atoms with E-state index in [2.05, 4.69) is 10.6 Å². The number of alkyl halides is 1. The van der Waals surface area contributed by atoms with Gasteiger partial charge in [-0.15, -0.1) is 0 Å². The van der Waals surface area contributed by atoms with Gasteiger partial charge in [0.2, 0.25) is 0 Å². The van der Waals surface area contributed by atoms with Crippen LogP contribution in [0.1, 0.15) is 12.0 Å². The van der Waals surface area contributed by atoms with Crippen molar-refractivity contribution >= 4 is 6.09 Å². The minimum atomic E-state index is -0.798.